The third kappa shape index (κ3) is 6.83. The molecule has 0 spiro atoms. The standard InChI is InChI=1S/C27H34N2O5/c1-3-19(15-25(30)29-18(2)9-8-14-26(31)32)16-28-27(33)34-17-24-22-12-6-4-10-20(22)21-11-5-7-13-23(21)24/h4-7,10-13,18-19,24H,3,8-9,14-17H2,1-2H3,(H,28,33)(H,29,30)(H,31,32). The Morgan fingerprint density at radius 1 is 1.03 bits per heavy atom. The van der Waals surface area contributed by atoms with Crippen LogP contribution < -0.4 is 10.6 Å². The predicted octanol–water partition coefficient (Wildman–Crippen LogP) is 4.70. The molecule has 3 rings (SSSR count). The van der Waals surface area contributed by atoms with Crippen LogP contribution in [0.25, 0.3) is 11.1 Å². The first-order valence-electron chi connectivity index (χ1n) is 12.0. The van der Waals surface area contributed by atoms with Crippen molar-refractivity contribution in [3.05, 3.63) is 59.7 Å². The zero-order valence-corrected chi connectivity index (χ0v) is 19.9. The van der Waals surface area contributed by atoms with Gasteiger partial charge in [0, 0.05) is 31.3 Å². The highest BCUT2D eigenvalue weighted by atomic mass is 16.5. The molecule has 0 saturated heterocycles. The van der Waals surface area contributed by atoms with Gasteiger partial charge in [0.15, 0.2) is 0 Å². The zero-order chi connectivity index (χ0) is 24.5. The van der Waals surface area contributed by atoms with Gasteiger partial charge in [-0.15, -0.1) is 0 Å². The number of amides is 2. The highest BCUT2D eigenvalue weighted by Crippen LogP contribution is 2.44. The van der Waals surface area contributed by atoms with Crippen molar-refractivity contribution in [2.24, 2.45) is 5.92 Å². The molecule has 0 radical (unpaired) electrons. The van der Waals surface area contributed by atoms with Gasteiger partial charge < -0.3 is 20.5 Å². The molecule has 0 saturated carbocycles. The number of nitrogens with one attached hydrogen (secondary N) is 2. The molecule has 0 bridgehead atoms. The fourth-order valence-corrected chi connectivity index (χ4v) is 4.47. The Labute approximate surface area is 200 Å². The van der Waals surface area contributed by atoms with Crippen LogP contribution in [0.4, 0.5) is 4.79 Å². The minimum atomic E-state index is -0.830. The summed E-state index contributed by atoms with van der Waals surface area (Å²) in [6.45, 7) is 4.46. The summed E-state index contributed by atoms with van der Waals surface area (Å²) in [6, 6.07) is 16.3. The van der Waals surface area contributed by atoms with Crippen molar-refractivity contribution in [1.29, 1.82) is 0 Å². The Bertz CT molecular complexity index is 961. The van der Waals surface area contributed by atoms with Crippen LogP contribution in [0, 0.1) is 5.92 Å². The van der Waals surface area contributed by atoms with Crippen molar-refractivity contribution in [2.45, 2.75) is 57.9 Å². The van der Waals surface area contributed by atoms with Crippen molar-refractivity contribution >= 4 is 18.0 Å². The van der Waals surface area contributed by atoms with E-state index in [1.807, 2.05) is 38.1 Å². The molecule has 182 valence electrons. The summed E-state index contributed by atoms with van der Waals surface area (Å²) in [7, 11) is 0. The van der Waals surface area contributed by atoms with Gasteiger partial charge in [-0.1, -0.05) is 61.9 Å². The number of carboxylic acids is 1. The van der Waals surface area contributed by atoms with Gasteiger partial charge in [-0.3, -0.25) is 9.59 Å². The van der Waals surface area contributed by atoms with E-state index in [-0.39, 0.29) is 36.8 Å². The minimum Gasteiger partial charge on any atom is -0.481 e. The second-order valence-electron chi connectivity index (χ2n) is 8.94. The SMILES string of the molecule is CCC(CNC(=O)OCC1c2ccccc2-c2ccccc21)CC(=O)NC(C)CCCC(=O)O. The van der Waals surface area contributed by atoms with E-state index in [4.69, 9.17) is 9.84 Å². The van der Waals surface area contributed by atoms with E-state index in [9.17, 15) is 14.4 Å². The molecule has 2 amide bonds. The highest BCUT2D eigenvalue weighted by Gasteiger charge is 2.29. The number of fused-ring (bicyclic) bond motifs is 3. The summed E-state index contributed by atoms with van der Waals surface area (Å²) in [5.74, 6) is -0.923. The molecule has 7 heteroatoms. The van der Waals surface area contributed by atoms with Crippen LogP contribution in [0.3, 0.4) is 0 Å². The Hall–Kier alpha value is -3.35. The topological polar surface area (TPSA) is 105 Å². The Balaban J connectivity index is 1.43. The van der Waals surface area contributed by atoms with Gasteiger partial charge in [0.25, 0.3) is 0 Å². The lowest BCUT2D eigenvalue weighted by Gasteiger charge is -2.19. The van der Waals surface area contributed by atoms with Crippen LogP contribution in [-0.4, -0.2) is 42.3 Å². The first-order chi connectivity index (χ1) is 16.4. The third-order valence-corrected chi connectivity index (χ3v) is 6.37. The maximum atomic E-state index is 12.4. The quantitative estimate of drug-likeness (QED) is 0.421. The number of carbonyl (C=O) groups excluding carboxylic acids is 2. The molecule has 2 aromatic rings. The van der Waals surface area contributed by atoms with Crippen molar-refractivity contribution in [3.63, 3.8) is 0 Å². The van der Waals surface area contributed by atoms with Gasteiger partial charge in [0.05, 0.1) is 0 Å². The van der Waals surface area contributed by atoms with Crippen LogP contribution in [0.1, 0.15) is 63.0 Å². The molecule has 2 atom stereocenters. The Morgan fingerprint density at radius 2 is 1.65 bits per heavy atom. The monoisotopic (exact) mass is 466 g/mol. The average molecular weight is 467 g/mol. The van der Waals surface area contributed by atoms with Gasteiger partial charge >= 0.3 is 12.1 Å². The minimum absolute atomic E-state index is 0.00768. The van der Waals surface area contributed by atoms with E-state index >= 15 is 0 Å². The Morgan fingerprint density at radius 3 is 2.24 bits per heavy atom. The summed E-state index contributed by atoms with van der Waals surface area (Å²) in [4.78, 5) is 35.3. The van der Waals surface area contributed by atoms with Gasteiger partial charge in [-0.05, 0) is 47.9 Å². The number of rotatable bonds is 12. The fourth-order valence-electron chi connectivity index (χ4n) is 4.47. The van der Waals surface area contributed by atoms with Crippen LogP contribution in [0.15, 0.2) is 48.5 Å². The number of carbonyl (C=O) groups is 3. The second-order valence-corrected chi connectivity index (χ2v) is 8.94. The lowest BCUT2D eigenvalue weighted by Crippen LogP contribution is -2.36. The van der Waals surface area contributed by atoms with Crippen LogP contribution >= 0.6 is 0 Å². The molecule has 0 aliphatic heterocycles. The van der Waals surface area contributed by atoms with Gasteiger partial charge in [-0.2, -0.15) is 0 Å². The van der Waals surface area contributed by atoms with Crippen molar-refractivity contribution in [1.82, 2.24) is 10.6 Å². The number of carboxylic acid groups (broad SMARTS) is 1. The molecule has 1 aliphatic rings. The van der Waals surface area contributed by atoms with Gasteiger partial charge in [0.1, 0.15) is 6.61 Å². The lowest BCUT2D eigenvalue weighted by molar-refractivity contribution is -0.137. The number of aliphatic carboxylic acids is 1. The van der Waals surface area contributed by atoms with Gasteiger partial charge in [0.2, 0.25) is 5.91 Å². The molecule has 34 heavy (non-hydrogen) atoms. The first kappa shape index (κ1) is 25.3. The highest BCUT2D eigenvalue weighted by molar-refractivity contribution is 5.79. The molecular weight excluding hydrogens is 432 g/mol. The molecular formula is C27H34N2O5. The predicted molar refractivity (Wildman–Crippen MR) is 131 cm³/mol. The zero-order valence-electron chi connectivity index (χ0n) is 19.9. The second kappa shape index (κ2) is 12.2. The summed E-state index contributed by atoms with van der Waals surface area (Å²) < 4.78 is 5.57. The number of hydrogen-bond donors (Lipinski definition) is 3. The summed E-state index contributed by atoms with van der Waals surface area (Å²) in [5, 5.41) is 14.4. The van der Waals surface area contributed by atoms with Crippen LogP contribution in [-0.2, 0) is 14.3 Å². The molecule has 0 aromatic heterocycles. The molecule has 2 unspecified atom stereocenters. The van der Waals surface area contributed by atoms with E-state index in [1.54, 1.807) is 0 Å². The number of benzene rings is 2. The normalized spacial score (nSPS) is 13.9. The average Bonchev–Trinajstić information content (AvgIpc) is 3.13. The molecule has 2 aromatic carbocycles. The third-order valence-electron chi connectivity index (χ3n) is 6.37. The smallest absolute Gasteiger partial charge is 0.407 e. The molecule has 1 aliphatic carbocycles. The fraction of sp³-hybridized carbons (Fsp3) is 0.444. The van der Waals surface area contributed by atoms with E-state index in [2.05, 4.69) is 34.9 Å². The van der Waals surface area contributed by atoms with Crippen molar-refractivity contribution < 1.29 is 24.2 Å². The van der Waals surface area contributed by atoms with Crippen LogP contribution in [0.2, 0.25) is 0 Å². The number of alkyl carbamates (subject to hydrolysis) is 1. The summed E-state index contributed by atoms with van der Waals surface area (Å²) in [5.41, 5.74) is 4.69. The van der Waals surface area contributed by atoms with E-state index in [1.165, 1.54) is 11.1 Å². The van der Waals surface area contributed by atoms with Crippen molar-refractivity contribution in [2.75, 3.05) is 13.2 Å². The summed E-state index contributed by atoms with van der Waals surface area (Å²) in [6.07, 6.45) is 1.79. The van der Waals surface area contributed by atoms with E-state index in [0.717, 1.165) is 17.5 Å². The van der Waals surface area contributed by atoms with Crippen LogP contribution in [0.5, 0.6) is 0 Å². The Kier molecular flexibility index (Phi) is 9.08. The molecule has 3 N–H and O–H groups in total. The maximum Gasteiger partial charge on any atom is 0.407 e. The largest absolute Gasteiger partial charge is 0.481 e. The van der Waals surface area contributed by atoms with E-state index in [0.29, 0.717) is 25.8 Å². The lowest BCUT2D eigenvalue weighted by atomic mass is 9.98. The van der Waals surface area contributed by atoms with Crippen molar-refractivity contribution in [3.8, 4) is 11.1 Å². The number of hydrogen-bond acceptors (Lipinski definition) is 4. The first-order valence-corrected chi connectivity index (χ1v) is 12.0. The molecule has 0 heterocycles. The summed E-state index contributed by atoms with van der Waals surface area (Å²) >= 11 is 0. The maximum absolute atomic E-state index is 12.4. The van der Waals surface area contributed by atoms with Gasteiger partial charge in [-0.25, -0.2) is 4.79 Å². The van der Waals surface area contributed by atoms with E-state index < -0.39 is 12.1 Å². The molecule has 0 fully saturated rings. The molecule has 7 nitrogen and oxygen atoms in total. The number of ether oxygens (including phenoxy) is 1.